The molecule has 1 unspecified atom stereocenters. The van der Waals surface area contributed by atoms with Crippen molar-refractivity contribution < 1.29 is 14.3 Å². The number of likely N-dealkylation sites (tertiary alicyclic amines) is 1. The molecule has 0 bridgehead atoms. The number of carbonyl (C=O) groups is 2. The molecule has 4 rings (SSSR count). The highest BCUT2D eigenvalue weighted by Gasteiger charge is 2.24. The largest absolute Gasteiger partial charge is 0.497 e. The Morgan fingerprint density at radius 2 is 2.00 bits per heavy atom. The van der Waals surface area contributed by atoms with Gasteiger partial charge in [0.2, 0.25) is 5.91 Å². The maximum atomic E-state index is 13.1. The van der Waals surface area contributed by atoms with Gasteiger partial charge in [-0.1, -0.05) is 18.2 Å². The fourth-order valence-corrected chi connectivity index (χ4v) is 4.34. The van der Waals surface area contributed by atoms with E-state index in [9.17, 15) is 9.59 Å². The van der Waals surface area contributed by atoms with E-state index in [2.05, 4.69) is 12.2 Å². The summed E-state index contributed by atoms with van der Waals surface area (Å²) in [5.41, 5.74) is 2.35. The van der Waals surface area contributed by atoms with Crippen LogP contribution in [0.3, 0.4) is 0 Å². The van der Waals surface area contributed by atoms with Crippen LogP contribution in [-0.4, -0.2) is 52.5 Å². The first-order valence-electron chi connectivity index (χ1n) is 11.2. The Balaban J connectivity index is 1.47. The topological polar surface area (TPSA) is 76.5 Å². The first kappa shape index (κ1) is 21.9. The zero-order valence-corrected chi connectivity index (χ0v) is 18.7. The zero-order valence-electron chi connectivity index (χ0n) is 18.7. The molecule has 0 saturated carbocycles. The summed E-state index contributed by atoms with van der Waals surface area (Å²) in [7, 11) is 1.58. The summed E-state index contributed by atoms with van der Waals surface area (Å²) in [5.74, 6) is 1.41. The molecular formula is C25H30N4O3. The minimum absolute atomic E-state index is 0.127. The van der Waals surface area contributed by atoms with Gasteiger partial charge in [0.05, 0.1) is 18.1 Å². The second-order valence-corrected chi connectivity index (χ2v) is 8.27. The van der Waals surface area contributed by atoms with Gasteiger partial charge in [0.25, 0.3) is 5.91 Å². The van der Waals surface area contributed by atoms with Crippen molar-refractivity contribution in [1.29, 1.82) is 0 Å². The molecule has 0 aliphatic carbocycles. The number of nitrogens with zero attached hydrogens (tertiary/aromatic N) is 3. The van der Waals surface area contributed by atoms with Crippen molar-refractivity contribution in [1.82, 2.24) is 19.8 Å². The van der Waals surface area contributed by atoms with Gasteiger partial charge in [0.15, 0.2) is 0 Å². The van der Waals surface area contributed by atoms with E-state index in [0.29, 0.717) is 24.3 Å². The highest BCUT2D eigenvalue weighted by molar-refractivity contribution is 5.94. The monoisotopic (exact) mass is 434 g/mol. The standard InChI is InChI=1S/C25H30N4O3/c1-18-8-5-6-15-28(18)24(30)17-29-22-12-4-3-11-21(22)27-23(29)13-14-26-25(31)19-9-7-10-20(16-19)32-2/h3-4,7,9-12,16,18H,5-6,8,13-15,17H2,1-2H3,(H,26,31). The molecule has 7 heteroatoms. The molecule has 1 aliphatic heterocycles. The van der Waals surface area contributed by atoms with Gasteiger partial charge in [-0.05, 0) is 56.5 Å². The smallest absolute Gasteiger partial charge is 0.251 e. The molecule has 2 amide bonds. The first-order chi connectivity index (χ1) is 15.6. The highest BCUT2D eigenvalue weighted by Crippen LogP contribution is 2.20. The second kappa shape index (κ2) is 9.85. The lowest BCUT2D eigenvalue weighted by atomic mass is 10.0. The summed E-state index contributed by atoms with van der Waals surface area (Å²) in [6.45, 7) is 3.63. The Morgan fingerprint density at radius 3 is 2.81 bits per heavy atom. The van der Waals surface area contributed by atoms with E-state index in [0.717, 1.165) is 36.2 Å². The average Bonchev–Trinajstić information content (AvgIpc) is 3.16. The third kappa shape index (κ3) is 4.77. The summed E-state index contributed by atoms with van der Waals surface area (Å²) in [6.07, 6.45) is 3.83. The maximum absolute atomic E-state index is 13.1. The molecule has 168 valence electrons. The maximum Gasteiger partial charge on any atom is 0.251 e. The van der Waals surface area contributed by atoms with Crippen LogP contribution in [0.25, 0.3) is 11.0 Å². The molecule has 3 aromatic rings. The zero-order chi connectivity index (χ0) is 22.5. The number of nitrogens with one attached hydrogen (secondary N) is 1. The summed E-state index contributed by atoms with van der Waals surface area (Å²) in [6, 6.07) is 15.2. The van der Waals surface area contributed by atoms with Crippen LogP contribution in [0.2, 0.25) is 0 Å². The number of piperidine rings is 1. The number of rotatable bonds is 7. The van der Waals surface area contributed by atoms with Gasteiger partial charge in [0.1, 0.15) is 18.1 Å². The van der Waals surface area contributed by atoms with Crippen LogP contribution in [-0.2, 0) is 17.8 Å². The Kier molecular flexibility index (Phi) is 6.73. The van der Waals surface area contributed by atoms with Crippen molar-refractivity contribution in [2.45, 2.75) is 45.2 Å². The van der Waals surface area contributed by atoms with Crippen molar-refractivity contribution in [2.24, 2.45) is 0 Å². The first-order valence-corrected chi connectivity index (χ1v) is 11.2. The van der Waals surface area contributed by atoms with Crippen LogP contribution in [0.15, 0.2) is 48.5 Å². The Morgan fingerprint density at radius 1 is 1.16 bits per heavy atom. The quantitative estimate of drug-likeness (QED) is 0.618. The number of amides is 2. The predicted octanol–water partition coefficient (Wildman–Crippen LogP) is 3.42. The minimum atomic E-state index is -0.162. The lowest BCUT2D eigenvalue weighted by Gasteiger charge is -2.33. The summed E-state index contributed by atoms with van der Waals surface area (Å²) < 4.78 is 7.19. The molecule has 2 heterocycles. The number of carbonyl (C=O) groups excluding carboxylic acids is 2. The van der Waals surface area contributed by atoms with Crippen molar-refractivity contribution in [3.05, 3.63) is 59.9 Å². The normalized spacial score (nSPS) is 16.2. The van der Waals surface area contributed by atoms with Crippen LogP contribution in [0.5, 0.6) is 5.75 Å². The molecule has 2 aromatic carbocycles. The summed E-state index contributed by atoms with van der Waals surface area (Å²) in [5, 5.41) is 2.95. The number of imidazole rings is 1. The lowest BCUT2D eigenvalue weighted by molar-refractivity contribution is -0.135. The van der Waals surface area contributed by atoms with E-state index in [4.69, 9.17) is 9.72 Å². The SMILES string of the molecule is COc1cccc(C(=O)NCCc2nc3ccccc3n2CC(=O)N2CCCCC2C)c1. The van der Waals surface area contributed by atoms with E-state index >= 15 is 0 Å². The lowest BCUT2D eigenvalue weighted by Crippen LogP contribution is -2.43. The molecular weight excluding hydrogens is 404 g/mol. The molecule has 32 heavy (non-hydrogen) atoms. The fourth-order valence-electron chi connectivity index (χ4n) is 4.34. The summed E-state index contributed by atoms with van der Waals surface area (Å²) >= 11 is 0. The van der Waals surface area contributed by atoms with Gasteiger partial charge < -0.3 is 19.5 Å². The van der Waals surface area contributed by atoms with Crippen molar-refractivity contribution in [2.75, 3.05) is 20.2 Å². The van der Waals surface area contributed by atoms with E-state index < -0.39 is 0 Å². The van der Waals surface area contributed by atoms with Crippen LogP contribution < -0.4 is 10.1 Å². The number of hydrogen-bond donors (Lipinski definition) is 1. The minimum Gasteiger partial charge on any atom is -0.497 e. The van der Waals surface area contributed by atoms with Gasteiger partial charge >= 0.3 is 0 Å². The number of aromatic nitrogens is 2. The van der Waals surface area contributed by atoms with Crippen LogP contribution >= 0.6 is 0 Å². The van der Waals surface area contributed by atoms with Gasteiger partial charge in [0, 0.05) is 31.1 Å². The van der Waals surface area contributed by atoms with Gasteiger partial charge in [-0.15, -0.1) is 0 Å². The second-order valence-electron chi connectivity index (χ2n) is 8.27. The van der Waals surface area contributed by atoms with Crippen LogP contribution in [0.1, 0.15) is 42.4 Å². The van der Waals surface area contributed by atoms with E-state index in [1.165, 1.54) is 6.42 Å². The number of benzene rings is 2. The molecule has 1 fully saturated rings. The van der Waals surface area contributed by atoms with Crippen molar-refractivity contribution in [3.8, 4) is 5.75 Å². The molecule has 1 N–H and O–H groups in total. The Bertz CT molecular complexity index is 1110. The number of hydrogen-bond acceptors (Lipinski definition) is 4. The third-order valence-corrected chi connectivity index (χ3v) is 6.12. The average molecular weight is 435 g/mol. The Labute approximate surface area is 188 Å². The molecule has 0 radical (unpaired) electrons. The molecule has 1 aliphatic rings. The van der Waals surface area contributed by atoms with Gasteiger partial charge in [-0.3, -0.25) is 9.59 Å². The van der Waals surface area contributed by atoms with Crippen LogP contribution in [0.4, 0.5) is 0 Å². The summed E-state index contributed by atoms with van der Waals surface area (Å²) in [4.78, 5) is 32.4. The van der Waals surface area contributed by atoms with Crippen LogP contribution in [0, 0.1) is 0 Å². The predicted molar refractivity (Wildman–Crippen MR) is 124 cm³/mol. The third-order valence-electron chi connectivity index (χ3n) is 6.12. The van der Waals surface area contributed by atoms with Crippen molar-refractivity contribution >= 4 is 22.8 Å². The van der Waals surface area contributed by atoms with Gasteiger partial charge in [-0.2, -0.15) is 0 Å². The van der Waals surface area contributed by atoms with E-state index in [-0.39, 0.29) is 24.4 Å². The molecule has 7 nitrogen and oxygen atoms in total. The van der Waals surface area contributed by atoms with E-state index in [1.807, 2.05) is 33.7 Å². The van der Waals surface area contributed by atoms with Gasteiger partial charge in [-0.25, -0.2) is 4.98 Å². The highest BCUT2D eigenvalue weighted by atomic mass is 16.5. The Hall–Kier alpha value is -3.35. The number of para-hydroxylation sites is 2. The molecule has 1 atom stereocenters. The fraction of sp³-hybridized carbons (Fsp3) is 0.400. The molecule has 0 spiro atoms. The number of methoxy groups -OCH3 is 1. The van der Waals surface area contributed by atoms with Crippen molar-refractivity contribution in [3.63, 3.8) is 0 Å². The molecule has 1 saturated heterocycles. The number of fused-ring (bicyclic) bond motifs is 1. The molecule has 1 aromatic heterocycles. The van der Waals surface area contributed by atoms with E-state index in [1.54, 1.807) is 31.4 Å². The number of ether oxygens (including phenoxy) is 1.